The number of rotatable bonds is 6. The molecule has 0 saturated heterocycles. The lowest BCUT2D eigenvalue weighted by atomic mass is 10.1. The third-order valence-electron chi connectivity index (χ3n) is 4.06. The van der Waals surface area contributed by atoms with Crippen molar-refractivity contribution in [3.8, 4) is 5.95 Å². The first-order chi connectivity index (χ1) is 13.3. The summed E-state index contributed by atoms with van der Waals surface area (Å²) in [5.74, 6) is 6.09. The number of benzene rings is 1. The number of amides is 1. The number of nitrogens with two attached hydrogens (primary N) is 1. The van der Waals surface area contributed by atoms with E-state index in [1.54, 1.807) is 35.9 Å². The quantitative estimate of drug-likeness (QED) is 0.370. The van der Waals surface area contributed by atoms with Gasteiger partial charge in [-0.15, -0.1) is 10.2 Å². The minimum absolute atomic E-state index is 0.118. The molecule has 0 unspecified atom stereocenters. The van der Waals surface area contributed by atoms with Crippen LogP contribution in [0.15, 0.2) is 35.5 Å². The summed E-state index contributed by atoms with van der Waals surface area (Å²) in [4.78, 5) is 24.3. The lowest BCUT2D eigenvalue weighted by Crippen LogP contribution is -2.25. The van der Waals surface area contributed by atoms with Gasteiger partial charge in [-0.05, 0) is 45.9 Å². The number of carbonyl (C=O) groups is 2. The van der Waals surface area contributed by atoms with Gasteiger partial charge in [0.2, 0.25) is 11.1 Å². The van der Waals surface area contributed by atoms with Gasteiger partial charge in [0.25, 0.3) is 5.95 Å². The molecule has 28 heavy (non-hydrogen) atoms. The highest BCUT2D eigenvalue weighted by Crippen LogP contribution is 2.24. The van der Waals surface area contributed by atoms with E-state index >= 15 is 0 Å². The number of nitrogen functional groups attached to an aromatic ring is 1. The molecular formula is C18H21N7O2S. The molecule has 0 bridgehead atoms. The number of anilines is 1. The van der Waals surface area contributed by atoms with Gasteiger partial charge in [-0.25, -0.2) is 9.36 Å². The predicted molar refractivity (Wildman–Crippen MR) is 107 cm³/mol. The molecule has 3 N–H and O–H groups in total. The number of Topliss-reactive ketones (excluding diaryl/α,β-unsaturated/α-hetero) is 1. The molecule has 0 aliphatic carbocycles. The molecule has 2 aromatic heterocycles. The summed E-state index contributed by atoms with van der Waals surface area (Å²) in [5, 5.41) is 15.2. The van der Waals surface area contributed by atoms with Crippen LogP contribution < -0.4 is 11.2 Å². The predicted octanol–water partition coefficient (Wildman–Crippen LogP) is 2.12. The standard InChI is InChI=1S/C18H21N7O2S/c1-10-9-11(2)25(23-10)17-21-22-18(24(17)19)28-13(4)16(27)20-15-8-6-5-7-14(15)12(3)26/h5-9,13H,19H2,1-4H3,(H,20,27)/t13-/m0/s1. The molecule has 10 heteroatoms. The number of aromatic nitrogens is 5. The molecule has 2 heterocycles. The van der Waals surface area contributed by atoms with Crippen molar-refractivity contribution in [1.82, 2.24) is 24.7 Å². The molecule has 0 saturated carbocycles. The van der Waals surface area contributed by atoms with Crippen molar-refractivity contribution < 1.29 is 9.59 Å². The molecule has 1 aromatic carbocycles. The molecule has 0 fully saturated rings. The molecule has 146 valence electrons. The number of aryl methyl sites for hydroxylation is 2. The Kier molecular flexibility index (Phi) is 5.50. The maximum absolute atomic E-state index is 12.6. The topological polar surface area (TPSA) is 121 Å². The van der Waals surface area contributed by atoms with Crippen molar-refractivity contribution in [2.45, 2.75) is 38.1 Å². The molecular weight excluding hydrogens is 378 g/mol. The van der Waals surface area contributed by atoms with E-state index < -0.39 is 5.25 Å². The van der Waals surface area contributed by atoms with Crippen LogP contribution in [0.5, 0.6) is 0 Å². The Hall–Kier alpha value is -3.14. The lowest BCUT2D eigenvalue weighted by molar-refractivity contribution is -0.115. The monoisotopic (exact) mass is 399 g/mol. The lowest BCUT2D eigenvalue weighted by Gasteiger charge is -2.13. The Balaban J connectivity index is 1.75. The maximum Gasteiger partial charge on any atom is 0.271 e. The number of para-hydroxylation sites is 1. The van der Waals surface area contributed by atoms with Crippen LogP contribution in [0.1, 0.15) is 35.6 Å². The molecule has 9 nitrogen and oxygen atoms in total. The second-order valence-corrected chi connectivity index (χ2v) is 7.65. The van der Waals surface area contributed by atoms with E-state index in [0.717, 1.165) is 11.4 Å². The fourth-order valence-corrected chi connectivity index (χ4v) is 3.44. The summed E-state index contributed by atoms with van der Waals surface area (Å²) in [7, 11) is 0. The van der Waals surface area contributed by atoms with E-state index in [-0.39, 0.29) is 11.7 Å². The summed E-state index contributed by atoms with van der Waals surface area (Å²) in [6.07, 6.45) is 0. The minimum Gasteiger partial charge on any atom is -0.334 e. The van der Waals surface area contributed by atoms with E-state index in [1.807, 2.05) is 19.9 Å². The number of carbonyl (C=O) groups excluding carboxylic acids is 2. The molecule has 0 aliphatic heterocycles. The Morgan fingerprint density at radius 3 is 2.57 bits per heavy atom. The highest BCUT2D eigenvalue weighted by Gasteiger charge is 2.22. The highest BCUT2D eigenvalue weighted by atomic mass is 32.2. The van der Waals surface area contributed by atoms with Crippen LogP contribution in [0.3, 0.4) is 0 Å². The normalized spacial score (nSPS) is 12.0. The minimum atomic E-state index is -0.514. The maximum atomic E-state index is 12.6. The Bertz CT molecular complexity index is 1040. The molecule has 0 aliphatic rings. The molecule has 0 spiro atoms. The first-order valence-corrected chi connectivity index (χ1v) is 9.47. The summed E-state index contributed by atoms with van der Waals surface area (Å²) < 4.78 is 2.90. The van der Waals surface area contributed by atoms with Gasteiger partial charge in [0.1, 0.15) is 0 Å². The Morgan fingerprint density at radius 2 is 1.93 bits per heavy atom. The van der Waals surface area contributed by atoms with Gasteiger partial charge in [-0.1, -0.05) is 23.9 Å². The van der Waals surface area contributed by atoms with E-state index in [1.165, 1.54) is 23.4 Å². The van der Waals surface area contributed by atoms with Gasteiger partial charge >= 0.3 is 0 Å². The largest absolute Gasteiger partial charge is 0.334 e. The van der Waals surface area contributed by atoms with Crippen molar-refractivity contribution in [2.75, 3.05) is 11.2 Å². The van der Waals surface area contributed by atoms with Crippen molar-refractivity contribution in [2.24, 2.45) is 0 Å². The zero-order chi connectivity index (χ0) is 20.4. The molecule has 0 radical (unpaired) electrons. The molecule has 1 atom stereocenters. The van der Waals surface area contributed by atoms with Crippen LogP contribution in [0.4, 0.5) is 5.69 Å². The summed E-state index contributed by atoms with van der Waals surface area (Å²) >= 11 is 1.17. The van der Waals surface area contributed by atoms with Gasteiger partial charge in [-0.2, -0.15) is 5.10 Å². The zero-order valence-electron chi connectivity index (χ0n) is 16.0. The van der Waals surface area contributed by atoms with Crippen LogP contribution in [0.25, 0.3) is 5.95 Å². The Labute approximate surface area is 166 Å². The first-order valence-electron chi connectivity index (χ1n) is 8.59. The van der Waals surface area contributed by atoms with Crippen molar-refractivity contribution in [3.05, 3.63) is 47.3 Å². The van der Waals surface area contributed by atoms with Crippen LogP contribution in [0.2, 0.25) is 0 Å². The van der Waals surface area contributed by atoms with E-state index in [2.05, 4.69) is 20.6 Å². The third kappa shape index (κ3) is 3.91. The summed E-state index contributed by atoms with van der Waals surface area (Å²) in [5.41, 5.74) is 2.65. The number of thioether (sulfide) groups is 1. The second kappa shape index (κ2) is 7.85. The summed E-state index contributed by atoms with van der Waals surface area (Å²) in [6.45, 7) is 6.96. The third-order valence-corrected chi connectivity index (χ3v) is 5.12. The van der Waals surface area contributed by atoms with E-state index in [4.69, 9.17) is 5.84 Å². The molecule has 3 aromatic rings. The van der Waals surface area contributed by atoms with Crippen LogP contribution in [0, 0.1) is 13.8 Å². The van der Waals surface area contributed by atoms with Crippen LogP contribution in [-0.2, 0) is 4.79 Å². The smallest absolute Gasteiger partial charge is 0.271 e. The SMILES string of the molecule is CC(=O)c1ccccc1NC(=O)[C@H](C)Sc1nnc(-n2nc(C)cc2C)n1N. The molecule has 1 amide bonds. The number of nitrogens with zero attached hydrogens (tertiary/aromatic N) is 5. The number of hydrogen-bond donors (Lipinski definition) is 2. The number of nitrogens with one attached hydrogen (secondary N) is 1. The van der Waals surface area contributed by atoms with Gasteiger partial charge in [0, 0.05) is 11.3 Å². The van der Waals surface area contributed by atoms with Gasteiger partial charge in [0.15, 0.2) is 5.78 Å². The average Bonchev–Trinajstić information content (AvgIpc) is 3.16. The van der Waals surface area contributed by atoms with Gasteiger partial charge in [-0.3, -0.25) is 9.59 Å². The van der Waals surface area contributed by atoms with Gasteiger partial charge in [0.05, 0.1) is 16.6 Å². The second-order valence-electron chi connectivity index (χ2n) is 6.34. The van der Waals surface area contributed by atoms with Crippen LogP contribution in [-0.4, -0.2) is 41.6 Å². The number of ketones is 1. The fraction of sp³-hybridized carbons (Fsp3) is 0.278. The zero-order valence-corrected chi connectivity index (χ0v) is 16.8. The first kappa shape index (κ1) is 19.6. The van der Waals surface area contributed by atoms with Crippen molar-refractivity contribution >= 4 is 29.1 Å². The van der Waals surface area contributed by atoms with Crippen LogP contribution >= 0.6 is 11.8 Å². The van der Waals surface area contributed by atoms with Gasteiger partial charge < -0.3 is 11.2 Å². The van der Waals surface area contributed by atoms with Crippen molar-refractivity contribution in [1.29, 1.82) is 0 Å². The highest BCUT2D eigenvalue weighted by molar-refractivity contribution is 8.00. The van der Waals surface area contributed by atoms with Crippen molar-refractivity contribution in [3.63, 3.8) is 0 Å². The van der Waals surface area contributed by atoms with E-state index in [0.29, 0.717) is 22.4 Å². The Morgan fingerprint density at radius 1 is 1.21 bits per heavy atom. The molecule has 3 rings (SSSR count). The average molecular weight is 399 g/mol. The fourth-order valence-electron chi connectivity index (χ4n) is 2.67. The summed E-state index contributed by atoms with van der Waals surface area (Å²) in [6, 6.07) is 8.79. The van der Waals surface area contributed by atoms with E-state index in [9.17, 15) is 9.59 Å². The number of hydrogen-bond acceptors (Lipinski definition) is 7.